The van der Waals surface area contributed by atoms with Crippen molar-refractivity contribution in [3.63, 3.8) is 0 Å². The second kappa shape index (κ2) is 7.63. The molecule has 0 spiro atoms. The number of aryl methyl sites for hydroxylation is 1. The number of pyridine rings is 1. The minimum absolute atomic E-state index is 0.0103. The van der Waals surface area contributed by atoms with Gasteiger partial charge in [-0.05, 0) is 84.1 Å². The van der Waals surface area contributed by atoms with Crippen molar-refractivity contribution in [3.8, 4) is 0 Å². The number of aliphatic hydroxyl groups excluding tert-OH is 1. The van der Waals surface area contributed by atoms with E-state index in [2.05, 4.69) is 49.1 Å². The number of nitrogen functional groups attached to an aromatic ring is 2. The average molecular weight is 523 g/mol. The van der Waals surface area contributed by atoms with Crippen molar-refractivity contribution in [3.05, 3.63) is 52.4 Å². The predicted molar refractivity (Wildman–Crippen MR) is 135 cm³/mol. The van der Waals surface area contributed by atoms with Crippen LogP contribution < -0.4 is 11.5 Å². The van der Waals surface area contributed by atoms with E-state index in [9.17, 15) is 10.2 Å². The third kappa shape index (κ3) is 3.21. The van der Waals surface area contributed by atoms with Crippen molar-refractivity contribution >= 4 is 49.5 Å². The van der Waals surface area contributed by atoms with Gasteiger partial charge in [-0.25, -0.2) is 15.0 Å². The van der Waals surface area contributed by atoms with Gasteiger partial charge in [-0.15, -0.1) is 0 Å². The van der Waals surface area contributed by atoms with E-state index in [1.807, 2.05) is 22.9 Å². The Balaban J connectivity index is 1.30. The van der Waals surface area contributed by atoms with Gasteiger partial charge in [0.1, 0.15) is 29.2 Å². The summed E-state index contributed by atoms with van der Waals surface area (Å²) in [6, 6.07) is 9.87. The van der Waals surface area contributed by atoms with E-state index in [-0.39, 0.29) is 17.9 Å². The molecule has 1 aromatic carbocycles. The lowest BCUT2D eigenvalue weighted by atomic mass is 9.84. The number of nitrogens with two attached hydrogens (primary N) is 2. The van der Waals surface area contributed by atoms with Crippen LogP contribution in [-0.4, -0.2) is 41.4 Å². The van der Waals surface area contributed by atoms with Gasteiger partial charge < -0.3 is 26.2 Å². The topological polar surface area (TPSA) is 136 Å². The smallest absolute Gasteiger partial charge is 0.146 e. The fourth-order valence-corrected chi connectivity index (χ4v) is 6.61. The number of aliphatic hydroxyl groups is 2. The molecule has 0 saturated heterocycles. The van der Waals surface area contributed by atoms with E-state index < -0.39 is 11.7 Å². The van der Waals surface area contributed by atoms with E-state index in [0.29, 0.717) is 35.9 Å². The van der Waals surface area contributed by atoms with Crippen molar-refractivity contribution in [1.29, 1.82) is 0 Å². The molecule has 2 aliphatic rings. The fraction of sp³-hybridized carbons (Fsp3) is 0.400. The summed E-state index contributed by atoms with van der Waals surface area (Å²) >= 11 is 3.44. The van der Waals surface area contributed by atoms with Crippen molar-refractivity contribution in [2.45, 2.75) is 50.4 Å². The Morgan fingerprint density at radius 2 is 1.97 bits per heavy atom. The summed E-state index contributed by atoms with van der Waals surface area (Å²) in [7, 11) is 0. The highest BCUT2D eigenvalue weighted by atomic mass is 79.9. The summed E-state index contributed by atoms with van der Waals surface area (Å²) in [4.78, 5) is 13.3. The molecule has 8 nitrogen and oxygen atoms in total. The Kier molecular flexibility index (Phi) is 4.88. The second-order valence-electron chi connectivity index (χ2n) is 9.85. The van der Waals surface area contributed by atoms with Gasteiger partial charge in [0, 0.05) is 11.6 Å². The summed E-state index contributed by atoms with van der Waals surface area (Å²) in [6.45, 7) is 1.81. The molecular formula is C25H27BrN6O2. The van der Waals surface area contributed by atoms with Gasteiger partial charge in [0.2, 0.25) is 0 Å². The van der Waals surface area contributed by atoms with E-state index in [4.69, 9.17) is 11.5 Å². The number of hydrogen-bond donors (Lipinski definition) is 4. The van der Waals surface area contributed by atoms with Crippen molar-refractivity contribution < 1.29 is 10.2 Å². The minimum Gasteiger partial charge on any atom is -0.388 e. The Bertz CT molecular complexity index is 1440. The molecule has 6 N–H and O–H groups in total. The van der Waals surface area contributed by atoms with Crippen LogP contribution in [0, 0.1) is 18.8 Å². The number of benzene rings is 1. The number of aromatic nitrogens is 4. The van der Waals surface area contributed by atoms with Gasteiger partial charge in [0.15, 0.2) is 0 Å². The Morgan fingerprint density at radius 3 is 2.79 bits per heavy atom. The van der Waals surface area contributed by atoms with Crippen LogP contribution in [0.5, 0.6) is 0 Å². The standard InChI is InChI=1S/C25H27BrN6O2/c1-12-29-22(27)16-5-7-32(24(16)30-12)20-11-17-14(4-6-25(17,34)21(20)33)8-13-2-3-15-10-18(26)23(28)31-19(15)9-13/h2-3,5,7,9-10,14,17,20-21,33-34H,4,6,8,11H2,1H3,(H2,28,31)(H2,27,29,30)/t14-,17+,20+,21-,25+/m0/s1. The molecular weight excluding hydrogens is 496 g/mol. The van der Waals surface area contributed by atoms with Crippen LogP contribution in [0.1, 0.15) is 36.7 Å². The van der Waals surface area contributed by atoms with Crippen LogP contribution in [-0.2, 0) is 6.42 Å². The second-order valence-corrected chi connectivity index (χ2v) is 10.7. The molecule has 5 atom stereocenters. The van der Waals surface area contributed by atoms with E-state index in [0.717, 1.165) is 39.2 Å². The molecule has 4 aromatic rings. The van der Waals surface area contributed by atoms with Crippen LogP contribution in [0.4, 0.5) is 11.6 Å². The Hall–Kier alpha value is -2.75. The third-order valence-electron chi connectivity index (χ3n) is 7.93. The molecule has 6 rings (SSSR count). The highest BCUT2D eigenvalue weighted by Gasteiger charge is 2.59. The van der Waals surface area contributed by atoms with E-state index in [1.54, 1.807) is 6.92 Å². The maximum Gasteiger partial charge on any atom is 0.146 e. The zero-order valence-corrected chi connectivity index (χ0v) is 20.4. The largest absolute Gasteiger partial charge is 0.388 e. The number of nitrogens with zero attached hydrogens (tertiary/aromatic N) is 4. The van der Waals surface area contributed by atoms with Crippen LogP contribution in [0.3, 0.4) is 0 Å². The summed E-state index contributed by atoms with van der Waals surface area (Å²) in [5.74, 6) is 1.75. The van der Waals surface area contributed by atoms with Gasteiger partial charge in [-0.2, -0.15) is 0 Å². The molecule has 0 unspecified atom stereocenters. The first kappa shape index (κ1) is 21.8. The lowest BCUT2D eigenvalue weighted by Crippen LogP contribution is -2.42. The van der Waals surface area contributed by atoms with Crippen LogP contribution >= 0.6 is 15.9 Å². The first-order chi connectivity index (χ1) is 16.2. The van der Waals surface area contributed by atoms with Gasteiger partial charge in [-0.1, -0.05) is 12.1 Å². The van der Waals surface area contributed by atoms with Crippen LogP contribution in [0.15, 0.2) is 41.0 Å². The molecule has 3 aromatic heterocycles. The van der Waals surface area contributed by atoms with Crippen LogP contribution in [0.25, 0.3) is 21.9 Å². The average Bonchev–Trinajstić information content (AvgIpc) is 3.42. The predicted octanol–water partition coefficient (Wildman–Crippen LogP) is 3.52. The summed E-state index contributed by atoms with van der Waals surface area (Å²) < 4.78 is 2.76. The molecule has 0 bridgehead atoms. The number of anilines is 2. The van der Waals surface area contributed by atoms with Crippen molar-refractivity contribution in [2.24, 2.45) is 11.8 Å². The van der Waals surface area contributed by atoms with Crippen molar-refractivity contribution in [2.75, 3.05) is 11.5 Å². The molecule has 2 fully saturated rings. The highest BCUT2D eigenvalue weighted by Crippen LogP contribution is 2.55. The number of halogens is 1. The first-order valence-electron chi connectivity index (χ1n) is 11.6. The summed E-state index contributed by atoms with van der Waals surface area (Å²) in [5.41, 5.74) is 13.7. The van der Waals surface area contributed by atoms with Gasteiger partial charge in [-0.3, -0.25) is 0 Å². The maximum atomic E-state index is 11.6. The number of hydrogen-bond acceptors (Lipinski definition) is 7. The Morgan fingerprint density at radius 1 is 1.15 bits per heavy atom. The molecule has 9 heteroatoms. The number of fused-ring (bicyclic) bond motifs is 3. The highest BCUT2D eigenvalue weighted by molar-refractivity contribution is 9.10. The van der Waals surface area contributed by atoms with Crippen LogP contribution in [0.2, 0.25) is 0 Å². The lowest BCUT2D eigenvalue weighted by Gasteiger charge is -2.29. The molecule has 0 amide bonds. The Labute approximate surface area is 205 Å². The number of rotatable bonds is 3. The molecule has 34 heavy (non-hydrogen) atoms. The zero-order valence-electron chi connectivity index (χ0n) is 18.8. The van der Waals surface area contributed by atoms with Gasteiger partial charge in [0.25, 0.3) is 0 Å². The van der Waals surface area contributed by atoms with E-state index >= 15 is 0 Å². The molecule has 2 saturated carbocycles. The first-order valence-corrected chi connectivity index (χ1v) is 12.4. The van der Waals surface area contributed by atoms with Gasteiger partial charge >= 0.3 is 0 Å². The molecule has 176 valence electrons. The molecule has 0 radical (unpaired) electrons. The maximum absolute atomic E-state index is 11.6. The summed E-state index contributed by atoms with van der Waals surface area (Å²) in [5, 5.41) is 24.7. The van der Waals surface area contributed by atoms with Gasteiger partial charge in [0.05, 0.1) is 27.0 Å². The molecule has 0 aliphatic heterocycles. The normalized spacial score (nSPS) is 28.7. The zero-order chi connectivity index (χ0) is 23.8. The quantitative estimate of drug-likeness (QED) is 0.323. The SMILES string of the molecule is Cc1nc(N)c2ccn([C@@H]3C[C@@H]4[C@H](Cc5ccc6cc(Br)c(N)nc6c5)CC[C@]4(O)[C@H]3O)c2n1. The summed E-state index contributed by atoms with van der Waals surface area (Å²) in [6.07, 6.45) is 3.99. The molecule has 2 aliphatic carbocycles. The monoisotopic (exact) mass is 522 g/mol. The third-order valence-corrected chi connectivity index (χ3v) is 8.56. The minimum atomic E-state index is -1.11. The fourth-order valence-electron chi connectivity index (χ4n) is 6.28. The van der Waals surface area contributed by atoms with Crippen molar-refractivity contribution in [1.82, 2.24) is 19.5 Å². The van der Waals surface area contributed by atoms with E-state index in [1.165, 1.54) is 0 Å². The molecule has 3 heterocycles. The lowest BCUT2D eigenvalue weighted by molar-refractivity contribution is -0.0799.